The lowest BCUT2D eigenvalue weighted by Crippen LogP contribution is -2.58. The first-order valence-electron chi connectivity index (χ1n) is 9.56. The molecule has 0 amide bonds. The zero-order valence-corrected chi connectivity index (χ0v) is 16.3. The van der Waals surface area contributed by atoms with Crippen molar-refractivity contribution in [3.63, 3.8) is 0 Å². The monoisotopic (exact) mass is 414 g/mol. The normalized spacial score (nSPS) is 27.9. The molecule has 1 aromatic heterocycles. The molecule has 158 valence electrons. The first-order valence-corrected chi connectivity index (χ1v) is 9.56. The molecule has 4 N–H and O–H groups in total. The SMILES string of the molecule is CC(O)c1cccc2nc3c(C(=O)OC4C(O)C(C)OC(O)C4O)cccc3nc12. The topological polar surface area (TPSA) is 142 Å². The van der Waals surface area contributed by atoms with Crippen LogP contribution >= 0.6 is 0 Å². The molecule has 0 radical (unpaired) electrons. The van der Waals surface area contributed by atoms with Crippen LogP contribution < -0.4 is 0 Å². The molecule has 1 saturated heterocycles. The van der Waals surface area contributed by atoms with Crippen LogP contribution in [0, 0.1) is 0 Å². The van der Waals surface area contributed by atoms with Gasteiger partial charge in [0.15, 0.2) is 12.4 Å². The average molecular weight is 414 g/mol. The van der Waals surface area contributed by atoms with Crippen LogP contribution in [0.3, 0.4) is 0 Å². The Morgan fingerprint density at radius 3 is 2.37 bits per heavy atom. The molecule has 3 aromatic rings. The van der Waals surface area contributed by atoms with Gasteiger partial charge in [0, 0.05) is 5.56 Å². The van der Waals surface area contributed by atoms with E-state index in [1.54, 1.807) is 37.3 Å². The minimum atomic E-state index is -1.60. The Bertz CT molecular complexity index is 1090. The lowest BCUT2D eigenvalue weighted by Gasteiger charge is -2.38. The summed E-state index contributed by atoms with van der Waals surface area (Å²) in [4.78, 5) is 22.0. The van der Waals surface area contributed by atoms with Crippen LogP contribution in [0.15, 0.2) is 36.4 Å². The number of aliphatic hydroxyl groups excluding tert-OH is 4. The zero-order valence-electron chi connectivity index (χ0n) is 16.3. The van der Waals surface area contributed by atoms with Crippen LogP contribution in [0.1, 0.15) is 35.9 Å². The molecule has 4 rings (SSSR count). The summed E-state index contributed by atoms with van der Waals surface area (Å²) in [6.45, 7) is 3.13. The molecule has 2 aromatic carbocycles. The van der Waals surface area contributed by atoms with Gasteiger partial charge < -0.3 is 29.9 Å². The minimum absolute atomic E-state index is 0.0948. The van der Waals surface area contributed by atoms with Gasteiger partial charge in [-0.3, -0.25) is 0 Å². The third kappa shape index (κ3) is 3.51. The van der Waals surface area contributed by atoms with Gasteiger partial charge in [0.2, 0.25) is 0 Å². The van der Waals surface area contributed by atoms with E-state index in [2.05, 4.69) is 9.97 Å². The summed E-state index contributed by atoms with van der Waals surface area (Å²) in [5.41, 5.74) is 2.44. The number of fused-ring (bicyclic) bond motifs is 2. The maximum absolute atomic E-state index is 12.9. The van der Waals surface area contributed by atoms with Gasteiger partial charge in [0.05, 0.1) is 34.3 Å². The number of esters is 1. The molecule has 9 nitrogen and oxygen atoms in total. The van der Waals surface area contributed by atoms with Gasteiger partial charge in [-0.2, -0.15) is 0 Å². The van der Waals surface area contributed by atoms with Crippen molar-refractivity contribution in [3.05, 3.63) is 47.5 Å². The van der Waals surface area contributed by atoms with Gasteiger partial charge in [-0.05, 0) is 32.0 Å². The smallest absolute Gasteiger partial charge is 0.340 e. The molecule has 0 bridgehead atoms. The number of hydrogen-bond acceptors (Lipinski definition) is 9. The number of carbonyl (C=O) groups excluding carboxylic acids is 1. The first-order chi connectivity index (χ1) is 14.3. The number of benzene rings is 2. The molecule has 9 heteroatoms. The number of para-hydroxylation sites is 2. The summed E-state index contributed by atoms with van der Waals surface area (Å²) in [5.74, 6) is -0.828. The van der Waals surface area contributed by atoms with Crippen LogP contribution in [-0.2, 0) is 9.47 Å². The number of ether oxygens (including phenoxy) is 2. The van der Waals surface area contributed by atoms with Crippen LogP contribution in [0.2, 0.25) is 0 Å². The highest BCUT2D eigenvalue weighted by molar-refractivity contribution is 6.03. The molecule has 1 fully saturated rings. The van der Waals surface area contributed by atoms with Gasteiger partial charge in [0.25, 0.3) is 0 Å². The van der Waals surface area contributed by atoms with E-state index in [0.717, 1.165) is 0 Å². The van der Waals surface area contributed by atoms with E-state index < -0.39 is 42.8 Å². The second-order valence-electron chi connectivity index (χ2n) is 7.37. The Morgan fingerprint density at radius 2 is 1.67 bits per heavy atom. The highest BCUT2D eigenvalue weighted by atomic mass is 16.6. The Hall–Kier alpha value is -2.69. The Kier molecular flexibility index (Phi) is 5.39. The van der Waals surface area contributed by atoms with E-state index in [1.807, 2.05) is 0 Å². The molecule has 30 heavy (non-hydrogen) atoms. The molecular formula is C21H22N2O7. The van der Waals surface area contributed by atoms with Crippen molar-refractivity contribution in [2.24, 2.45) is 0 Å². The minimum Gasteiger partial charge on any atom is -0.453 e. The summed E-state index contributed by atoms with van der Waals surface area (Å²) < 4.78 is 10.3. The largest absolute Gasteiger partial charge is 0.453 e. The molecule has 0 aliphatic carbocycles. The number of nitrogens with zero attached hydrogens (tertiary/aromatic N) is 2. The number of carbonyl (C=O) groups is 1. The lowest BCUT2D eigenvalue weighted by molar-refractivity contribution is -0.276. The Labute approximate surface area is 171 Å². The van der Waals surface area contributed by atoms with Crippen molar-refractivity contribution >= 4 is 28.0 Å². The average Bonchev–Trinajstić information content (AvgIpc) is 2.72. The van der Waals surface area contributed by atoms with Crippen LogP contribution in [0.5, 0.6) is 0 Å². The molecule has 2 heterocycles. The van der Waals surface area contributed by atoms with Crippen molar-refractivity contribution in [3.8, 4) is 0 Å². The third-order valence-electron chi connectivity index (χ3n) is 5.24. The molecule has 0 spiro atoms. The highest BCUT2D eigenvalue weighted by Crippen LogP contribution is 2.27. The Morgan fingerprint density at radius 1 is 1.03 bits per heavy atom. The predicted molar refractivity (Wildman–Crippen MR) is 105 cm³/mol. The van der Waals surface area contributed by atoms with E-state index in [4.69, 9.17) is 9.47 Å². The fourth-order valence-corrected chi connectivity index (χ4v) is 3.58. The quantitative estimate of drug-likeness (QED) is 0.362. The lowest BCUT2D eigenvalue weighted by atomic mass is 9.99. The summed E-state index contributed by atoms with van der Waals surface area (Å²) >= 11 is 0. The van der Waals surface area contributed by atoms with Gasteiger partial charge in [-0.25, -0.2) is 14.8 Å². The number of hydrogen-bond donors (Lipinski definition) is 4. The summed E-state index contributed by atoms with van der Waals surface area (Å²) in [7, 11) is 0. The van der Waals surface area contributed by atoms with E-state index in [9.17, 15) is 25.2 Å². The van der Waals surface area contributed by atoms with E-state index in [1.165, 1.54) is 13.0 Å². The summed E-state index contributed by atoms with van der Waals surface area (Å²) in [5, 5.41) is 40.1. The van der Waals surface area contributed by atoms with Crippen molar-refractivity contribution in [2.75, 3.05) is 0 Å². The fraction of sp³-hybridized carbons (Fsp3) is 0.381. The molecule has 6 atom stereocenters. The summed E-state index contributed by atoms with van der Waals surface area (Å²) in [6.07, 6.45) is -7.45. The van der Waals surface area contributed by atoms with Crippen LogP contribution in [0.4, 0.5) is 0 Å². The van der Waals surface area contributed by atoms with Crippen LogP contribution in [-0.4, -0.2) is 67.1 Å². The molecular weight excluding hydrogens is 392 g/mol. The predicted octanol–water partition coefficient (Wildman–Crippen LogP) is 0.821. The van der Waals surface area contributed by atoms with Gasteiger partial charge >= 0.3 is 5.97 Å². The van der Waals surface area contributed by atoms with E-state index >= 15 is 0 Å². The molecule has 6 unspecified atom stereocenters. The standard InChI is InChI=1S/C21H22N2O7/c1-9(24)11-5-3-7-13-15(11)22-14-8-4-6-12(16(14)23-13)20(27)30-19-17(25)10(2)29-21(28)18(19)26/h3-10,17-19,21,24-26,28H,1-2H3. The number of aromatic nitrogens is 2. The maximum atomic E-state index is 12.9. The number of rotatable bonds is 3. The van der Waals surface area contributed by atoms with E-state index in [0.29, 0.717) is 22.1 Å². The maximum Gasteiger partial charge on any atom is 0.340 e. The molecule has 1 aliphatic rings. The van der Waals surface area contributed by atoms with Crippen molar-refractivity contribution in [1.29, 1.82) is 0 Å². The first kappa shape index (κ1) is 20.6. The highest BCUT2D eigenvalue weighted by Gasteiger charge is 2.44. The second kappa shape index (κ2) is 7.86. The van der Waals surface area contributed by atoms with Gasteiger partial charge in [-0.1, -0.05) is 18.2 Å². The Balaban J connectivity index is 1.74. The van der Waals surface area contributed by atoms with E-state index in [-0.39, 0.29) is 11.1 Å². The number of aliphatic hydroxyl groups is 4. The fourth-order valence-electron chi connectivity index (χ4n) is 3.58. The van der Waals surface area contributed by atoms with Crippen molar-refractivity contribution < 1.29 is 34.7 Å². The zero-order chi connectivity index (χ0) is 21.6. The molecule has 1 aliphatic heterocycles. The molecule has 0 saturated carbocycles. The van der Waals surface area contributed by atoms with Crippen molar-refractivity contribution in [2.45, 2.75) is 50.7 Å². The summed E-state index contributed by atoms with van der Waals surface area (Å²) in [6, 6.07) is 10.0. The van der Waals surface area contributed by atoms with Gasteiger partial charge in [0.1, 0.15) is 17.7 Å². The van der Waals surface area contributed by atoms with Gasteiger partial charge in [-0.15, -0.1) is 0 Å². The third-order valence-corrected chi connectivity index (χ3v) is 5.24. The van der Waals surface area contributed by atoms with Crippen molar-refractivity contribution in [1.82, 2.24) is 9.97 Å². The second-order valence-corrected chi connectivity index (χ2v) is 7.37. The van der Waals surface area contributed by atoms with Crippen LogP contribution in [0.25, 0.3) is 22.1 Å².